The van der Waals surface area contributed by atoms with Crippen LogP contribution in [0.2, 0.25) is 0 Å². The van der Waals surface area contributed by atoms with E-state index in [0.717, 1.165) is 61.1 Å². The Morgan fingerprint density at radius 3 is 1.21 bits per heavy atom. The number of fused-ring (bicyclic) bond motifs is 12. The summed E-state index contributed by atoms with van der Waals surface area (Å²) >= 11 is 0. The number of nitrogens with one attached hydrogen (secondary N) is 1. The number of nitriles is 2. The Labute approximate surface area is 384 Å². The van der Waals surface area contributed by atoms with E-state index < -0.39 is 0 Å². The average molecular weight is 857 g/mol. The molecule has 3 heterocycles. The number of hydrogen-bond acceptors (Lipinski definition) is 3. The number of amidine groups is 2. The summed E-state index contributed by atoms with van der Waals surface area (Å²) in [6, 6.07) is 74.1. The molecule has 12 aromatic rings. The summed E-state index contributed by atoms with van der Waals surface area (Å²) in [5.74, 6) is 0.323. The lowest BCUT2D eigenvalue weighted by Crippen LogP contribution is -2.05. The van der Waals surface area contributed by atoms with Gasteiger partial charge in [-0.1, -0.05) is 103 Å². The number of aliphatic imine (C=N–C) groups is 2. The van der Waals surface area contributed by atoms with Crippen molar-refractivity contribution in [2.24, 2.45) is 9.98 Å². The molecule has 0 radical (unpaired) electrons. The Hall–Kier alpha value is -9.63. The second kappa shape index (κ2) is 15.9. The molecule has 9 aromatic carbocycles. The quantitative estimate of drug-likeness (QED) is 0.133. The molecule has 0 amide bonds. The van der Waals surface area contributed by atoms with Crippen LogP contribution in [0.3, 0.4) is 0 Å². The molecule has 8 heteroatoms. The molecule has 0 aliphatic rings. The van der Waals surface area contributed by atoms with Crippen LogP contribution in [0.15, 0.2) is 216 Å². The van der Waals surface area contributed by atoms with Crippen LogP contribution in [0, 0.1) is 28.1 Å². The number of para-hydroxylation sites is 5. The molecule has 0 spiro atoms. The molecule has 0 aliphatic heterocycles. The maximum atomic E-state index is 9.48. The lowest BCUT2D eigenvalue weighted by Gasteiger charge is -2.13. The summed E-state index contributed by atoms with van der Waals surface area (Å²) < 4.78 is 7.32. The smallest absolute Gasteiger partial charge is 0.161 e. The minimum atomic E-state index is 0.00283. The number of hydrogen-bond donors (Lipinski definition) is 1. The molecule has 312 valence electrons. The Morgan fingerprint density at radius 2 is 0.791 bits per heavy atom. The van der Waals surface area contributed by atoms with Crippen LogP contribution in [0.5, 0.6) is 0 Å². The molecular weight excluding hydrogens is 821 g/mol. The molecule has 67 heavy (non-hydrogen) atoms. The van der Waals surface area contributed by atoms with Gasteiger partial charge in [0.1, 0.15) is 0 Å². The van der Waals surface area contributed by atoms with Gasteiger partial charge >= 0.3 is 0 Å². The van der Waals surface area contributed by atoms with E-state index in [1.165, 1.54) is 26.9 Å². The maximum absolute atomic E-state index is 9.48. The number of benzene rings is 9. The molecule has 12 rings (SSSR count). The van der Waals surface area contributed by atoms with Crippen molar-refractivity contribution < 1.29 is 0 Å². The predicted molar refractivity (Wildman–Crippen MR) is 273 cm³/mol. The average Bonchev–Trinajstić information content (AvgIpc) is 4.04. The lowest BCUT2D eigenvalue weighted by atomic mass is 10.0. The zero-order valence-corrected chi connectivity index (χ0v) is 35.8. The van der Waals surface area contributed by atoms with Crippen LogP contribution in [0.25, 0.3) is 82.5 Å². The van der Waals surface area contributed by atoms with Gasteiger partial charge in [0.15, 0.2) is 11.7 Å². The van der Waals surface area contributed by atoms with Crippen molar-refractivity contribution in [1.29, 1.82) is 15.9 Å². The van der Waals surface area contributed by atoms with Crippen molar-refractivity contribution in [3.05, 3.63) is 234 Å². The van der Waals surface area contributed by atoms with Gasteiger partial charge in [-0.05, 0) is 109 Å². The van der Waals surface area contributed by atoms with Gasteiger partial charge in [-0.3, -0.25) is 5.41 Å². The van der Waals surface area contributed by atoms with Gasteiger partial charge in [-0.2, -0.15) is 10.5 Å². The molecule has 0 fully saturated rings. The van der Waals surface area contributed by atoms with Crippen molar-refractivity contribution in [3.8, 4) is 29.2 Å². The highest BCUT2D eigenvalue weighted by atomic mass is 15.0. The zero-order valence-electron chi connectivity index (χ0n) is 35.8. The van der Waals surface area contributed by atoms with Gasteiger partial charge in [-0.25, -0.2) is 9.98 Å². The first-order valence-corrected chi connectivity index (χ1v) is 21.9. The summed E-state index contributed by atoms with van der Waals surface area (Å²) in [6.45, 7) is 0. The lowest BCUT2D eigenvalue weighted by molar-refractivity contribution is 1.17. The van der Waals surface area contributed by atoms with Gasteiger partial charge in [0.05, 0.1) is 56.4 Å². The van der Waals surface area contributed by atoms with Gasteiger partial charge in [0.25, 0.3) is 0 Å². The second-order valence-corrected chi connectivity index (χ2v) is 16.4. The van der Waals surface area contributed by atoms with Crippen LogP contribution < -0.4 is 0 Å². The molecule has 1 N–H and O–H groups in total. The van der Waals surface area contributed by atoms with Crippen molar-refractivity contribution in [2.45, 2.75) is 0 Å². The van der Waals surface area contributed by atoms with Gasteiger partial charge < -0.3 is 13.7 Å². The third-order valence-corrected chi connectivity index (χ3v) is 12.6. The third kappa shape index (κ3) is 6.32. The van der Waals surface area contributed by atoms with E-state index in [1.54, 1.807) is 54.7 Å². The molecule has 0 saturated carbocycles. The summed E-state index contributed by atoms with van der Waals surface area (Å²) in [5, 5.41) is 34.7. The first-order chi connectivity index (χ1) is 33.1. The predicted octanol–water partition coefficient (Wildman–Crippen LogP) is 13.6. The van der Waals surface area contributed by atoms with Crippen molar-refractivity contribution in [3.63, 3.8) is 0 Å². The summed E-state index contributed by atoms with van der Waals surface area (Å²) in [5.41, 5.74) is 13.0. The topological polar surface area (TPSA) is 111 Å². The SMILES string of the molecule is N#Cc1ccc(C(=N)N=C(N=Cc2ccc(-n3c4ccccc4c4c5c(c6ccccc6n5-c5ccccc5)c5c(c6ccccc6n5-c5ccccc5)c43)cc2)c2ccc(C#N)cc2)cc1. The van der Waals surface area contributed by atoms with E-state index in [-0.39, 0.29) is 5.84 Å². The Bertz CT molecular complexity index is 4010. The number of nitrogens with zero attached hydrogens (tertiary/aromatic N) is 7. The van der Waals surface area contributed by atoms with Crippen LogP contribution in [0.1, 0.15) is 27.8 Å². The highest BCUT2D eigenvalue weighted by Gasteiger charge is 2.28. The molecular formula is C59H36N8. The minimum absolute atomic E-state index is 0.00283. The normalized spacial score (nSPS) is 11.9. The minimum Gasteiger partial charge on any atom is -0.308 e. The maximum Gasteiger partial charge on any atom is 0.161 e. The van der Waals surface area contributed by atoms with E-state index in [4.69, 9.17) is 10.4 Å². The summed E-state index contributed by atoms with van der Waals surface area (Å²) in [4.78, 5) is 9.49. The fourth-order valence-electron chi connectivity index (χ4n) is 9.69. The molecule has 0 atom stereocenters. The first kappa shape index (κ1) is 39.0. The van der Waals surface area contributed by atoms with E-state index in [9.17, 15) is 10.5 Å². The molecule has 0 aliphatic carbocycles. The van der Waals surface area contributed by atoms with Crippen molar-refractivity contribution in [2.75, 3.05) is 0 Å². The Morgan fingerprint density at radius 1 is 0.418 bits per heavy atom. The zero-order chi connectivity index (χ0) is 45.0. The number of aromatic nitrogens is 3. The standard InChI is InChI=1S/C59H36N8/c60-35-38-23-29-41(30-24-38)58(62)64-59(42-31-25-39(36-61)26-32-42)63-37-40-27-33-45(34-28-40)67-51-22-12-9-19-48(51)54-56-52(46-17-7-10-20-49(46)65(56)43-13-3-1-4-14-43)55-53(57(54)67)47-18-8-11-21-50(47)66(55)44-15-5-2-6-16-44/h1-34,37,62H. The highest BCUT2D eigenvalue weighted by Crippen LogP contribution is 2.50. The van der Waals surface area contributed by atoms with E-state index in [2.05, 4.69) is 189 Å². The van der Waals surface area contributed by atoms with Crippen molar-refractivity contribution in [1.82, 2.24) is 13.7 Å². The van der Waals surface area contributed by atoms with E-state index in [1.807, 2.05) is 0 Å². The largest absolute Gasteiger partial charge is 0.308 e. The van der Waals surface area contributed by atoms with Crippen LogP contribution in [0.4, 0.5) is 0 Å². The van der Waals surface area contributed by atoms with Crippen LogP contribution >= 0.6 is 0 Å². The Kier molecular flexibility index (Phi) is 9.23. The molecule has 8 nitrogen and oxygen atoms in total. The highest BCUT2D eigenvalue weighted by molar-refractivity contribution is 6.40. The second-order valence-electron chi connectivity index (χ2n) is 16.4. The number of rotatable bonds is 6. The molecule has 0 unspecified atom stereocenters. The van der Waals surface area contributed by atoms with E-state index in [0.29, 0.717) is 28.1 Å². The van der Waals surface area contributed by atoms with Gasteiger partial charge in [-0.15, -0.1) is 0 Å². The van der Waals surface area contributed by atoms with Gasteiger partial charge in [0, 0.05) is 66.7 Å². The van der Waals surface area contributed by atoms with Crippen LogP contribution in [-0.2, 0) is 0 Å². The Balaban J connectivity index is 1.11. The molecule has 0 bridgehead atoms. The summed E-state index contributed by atoms with van der Waals surface area (Å²) in [6.07, 6.45) is 1.76. The third-order valence-electron chi connectivity index (χ3n) is 12.6. The van der Waals surface area contributed by atoms with E-state index >= 15 is 0 Å². The van der Waals surface area contributed by atoms with Crippen LogP contribution in [-0.4, -0.2) is 31.6 Å². The first-order valence-electron chi connectivity index (χ1n) is 21.9. The van der Waals surface area contributed by atoms with Crippen molar-refractivity contribution >= 4 is 83.3 Å². The van der Waals surface area contributed by atoms with Gasteiger partial charge in [0.2, 0.25) is 0 Å². The summed E-state index contributed by atoms with van der Waals surface area (Å²) in [7, 11) is 0. The monoisotopic (exact) mass is 856 g/mol. The molecule has 3 aromatic heterocycles. The fraction of sp³-hybridized carbons (Fsp3) is 0. The fourth-order valence-corrected chi connectivity index (χ4v) is 9.69. The molecule has 0 saturated heterocycles.